The van der Waals surface area contributed by atoms with Gasteiger partial charge in [0.2, 0.25) is 0 Å². The number of hydrogen-bond donors (Lipinski definition) is 1. The van der Waals surface area contributed by atoms with Crippen molar-refractivity contribution in [2.24, 2.45) is 0 Å². The van der Waals surface area contributed by atoms with Gasteiger partial charge in [-0.25, -0.2) is 0 Å². The molecule has 0 amide bonds. The number of fused-ring (bicyclic) bond motifs is 1. The minimum Gasteiger partial charge on any atom is -0.378 e. The summed E-state index contributed by atoms with van der Waals surface area (Å²) in [6.45, 7) is 4.27. The summed E-state index contributed by atoms with van der Waals surface area (Å²) in [6, 6.07) is 10.6. The third-order valence-electron chi connectivity index (χ3n) is 3.71. The second kappa shape index (κ2) is 4.73. The maximum absolute atomic E-state index is 6.27. The standard InChI is InChI=1S/C16H15Cl2N/c1-9-3-4-10(2)12(5-9)16-8-13-14(18)6-11(17)7-15(13)19-16/h3-7,16,19H,8H2,1-2H3. The Hall–Kier alpha value is -1.18. The van der Waals surface area contributed by atoms with Crippen molar-refractivity contribution in [1.82, 2.24) is 0 Å². The van der Waals surface area contributed by atoms with Gasteiger partial charge in [0.05, 0.1) is 6.04 Å². The van der Waals surface area contributed by atoms with Crippen LogP contribution in [0.2, 0.25) is 10.0 Å². The first kappa shape index (κ1) is 12.8. The van der Waals surface area contributed by atoms with E-state index in [4.69, 9.17) is 23.2 Å². The van der Waals surface area contributed by atoms with E-state index in [-0.39, 0.29) is 6.04 Å². The van der Waals surface area contributed by atoms with Gasteiger partial charge in [-0.2, -0.15) is 0 Å². The molecule has 0 aromatic heterocycles. The van der Waals surface area contributed by atoms with Gasteiger partial charge in [-0.3, -0.25) is 0 Å². The third-order valence-corrected chi connectivity index (χ3v) is 4.26. The lowest BCUT2D eigenvalue weighted by Gasteiger charge is -2.15. The predicted octanol–water partition coefficient (Wildman–Crippen LogP) is 5.32. The number of halogens is 2. The highest BCUT2D eigenvalue weighted by Gasteiger charge is 2.25. The Kier molecular flexibility index (Phi) is 3.20. The minimum atomic E-state index is 0.283. The largest absolute Gasteiger partial charge is 0.378 e. The Balaban J connectivity index is 2.00. The van der Waals surface area contributed by atoms with Gasteiger partial charge in [0.25, 0.3) is 0 Å². The molecule has 1 aliphatic heterocycles. The lowest BCUT2D eigenvalue weighted by molar-refractivity contribution is 0.815. The van der Waals surface area contributed by atoms with Crippen LogP contribution >= 0.6 is 23.2 Å². The zero-order chi connectivity index (χ0) is 13.6. The van der Waals surface area contributed by atoms with Crippen LogP contribution in [-0.4, -0.2) is 0 Å². The second-order valence-electron chi connectivity index (χ2n) is 5.17. The van der Waals surface area contributed by atoms with E-state index in [9.17, 15) is 0 Å². The van der Waals surface area contributed by atoms with Crippen molar-refractivity contribution < 1.29 is 0 Å². The van der Waals surface area contributed by atoms with E-state index in [1.54, 1.807) is 0 Å². The summed E-state index contributed by atoms with van der Waals surface area (Å²) >= 11 is 12.3. The Labute approximate surface area is 123 Å². The van der Waals surface area contributed by atoms with Crippen molar-refractivity contribution in [2.75, 3.05) is 5.32 Å². The van der Waals surface area contributed by atoms with Crippen molar-refractivity contribution in [3.05, 3.63) is 62.6 Å². The molecule has 1 aliphatic rings. The lowest BCUT2D eigenvalue weighted by Crippen LogP contribution is -2.07. The number of rotatable bonds is 1. The summed E-state index contributed by atoms with van der Waals surface area (Å²) < 4.78 is 0. The smallest absolute Gasteiger partial charge is 0.0558 e. The number of hydrogen-bond acceptors (Lipinski definition) is 1. The number of benzene rings is 2. The third kappa shape index (κ3) is 2.33. The van der Waals surface area contributed by atoms with E-state index in [0.717, 1.165) is 22.7 Å². The van der Waals surface area contributed by atoms with E-state index in [2.05, 4.69) is 37.4 Å². The molecular weight excluding hydrogens is 277 g/mol. The molecule has 1 N–H and O–H groups in total. The molecule has 2 aromatic rings. The highest BCUT2D eigenvalue weighted by atomic mass is 35.5. The molecule has 0 saturated heterocycles. The Bertz CT molecular complexity index is 649. The summed E-state index contributed by atoms with van der Waals surface area (Å²) in [5, 5.41) is 4.96. The first-order valence-electron chi connectivity index (χ1n) is 6.36. The SMILES string of the molecule is Cc1ccc(C)c(C2Cc3c(Cl)cc(Cl)cc3N2)c1. The van der Waals surface area contributed by atoms with Crippen molar-refractivity contribution in [3.8, 4) is 0 Å². The molecule has 0 saturated carbocycles. The quantitative estimate of drug-likeness (QED) is 0.750. The first-order chi connectivity index (χ1) is 9.04. The monoisotopic (exact) mass is 291 g/mol. The molecular formula is C16H15Cl2N. The van der Waals surface area contributed by atoms with Crippen LogP contribution in [0.1, 0.15) is 28.3 Å². The van der Waals surface area contributed by atoms with Gasteiger partial charge in [0.1, 0.15) is 0 Å². The molecule has 19 heavy (non-hydrogen) atoms. The van der Waals surface area contributed by atoms with E-state index in [1.165, 1.54) is 16.7 Å². The van der Waals surface area contributed by atoms with Crippen molar-refractivity contribution in [1.29, 1.82) is 0 Å². The summed E-state index contributed by atoms with van der Waals surface area (Å²) in [5.74, 6) is 0. The first-order valence-corrected chi connectivity index (χ1v) is 7.12. The fraction of sp³-hybridized carbons (Fsp3) is 0.250. The predicted molar refractivity (Wildman–Crippen MR) is 82.4 cm³/mol. The van der Waals surface area contributed by atoms with Crippen LogP contribution in [0.25, 0.3) is 0 Å². The Morgan fingerprint density at radius 2 is 1.89 bits per heavy atom. The molecule has 98 valence electrons. The summed E-state index contributed by atoms with van der Waals surface area (Å²) in [6.07, 6.45) is 0.912. The molecule has 0 fully saturated rings. The van der Waals surface area contributed by atoms with Crippen molar-refractivity contribution >= 4 is 28.9 Å². The molecule has 3 heteroatoms. The van der Waals surface area contributed by atoms with Gasteiger partial charge < -0.3 is 5.32 Å². The average molecular weight is 292 g/mol. The number of anilines is 1. The van der Waals surface area contributed by atoms with Gasteiger partial charge >= 0.3 is 0 Å². The summed E-state index contributed by atoms with van der Waals surface area (Å²) in [5.41, 5.74) is 6.14. The minimum absolute atomic E-state index is 0.283. The van der Waals surface area contributed by atoms with Gasteiger partial charge in [0.15, 0.2) is 0 Å². The molecule has 3 rings (SSSR count). The van der Waals surface area contributed by atoms with Crippen LogP contribution in [0.3, 0.4) is 0 Å². The van der Waals surface area contributed by atoms with Crippen LogP contribution in [0.4, 0.5) is 5.69 Å². The van der Waals surface area contributed by atoms with Crippen LogP contribution < -0.4 is 5.32 Å². The maximum atomic E-state index is 6.27. The normalized spacial score (nSPS) is 17.2. The van der Waals surface area contributed by atoms with Gasteiger partial charge in [-0.05, 0) is 42.7 Å². The van der Waals surface area contributed by atoms with Gasteiger partial charge in [-0.1, -0.05) is 47.0 Å². The second-order valence-corrected chi connectivity index (χ2v) is 6.02. The van der Waals surface area contributed by atoms with Crippen LogP contribution in [0.15, 0.2) is 30.3 Å². The maximum Gasteiger partial charge on any atom is 0.0558 e. The van der Waals surface area contributed by atoms with Crippen LogP contribution in [0, 0.1) is 13.8 Å². The average Bonchev–Trinajstić information content (AvgIpc) is 2.76. The van der Waals surface area contributed by atoms with Gasteiger partial charge in [-0.15, -0.1) is 0 Å². The van der Waals surface area contributed by atoms with Crippen molar-refractivity contribution in [3.63, 3.8) is 0 Å². The molecule has 1 nitrogen and oxygen atoms in total. The zero-order valence-corrected chi connectivity index (χ0v) is 12.4. The summed E-state index contributed by atoms with van der Waals surface area (Å²) in [7, 11) is 0. The Morgan fingerprint density at radius 1 is 1.11 bits per heavy atom. The molecule has 0 aliphatic carbocycles. The lowest BCUT2D eigenvalue weighted by atomic mass is 9.97. The fourth-order valence-corrected chi connectivity index (χ4v) is 3.28. The molecule has 0 radical (unpaired) electrons. The van der Waals surface area contributed by atoms with E-state index < -0.39 is 0 Å². The molecule has 1 heterocycles. The highest BCUT2D eigenvalue weighted by Crippen LogP contribution is 2.40. The molecule has 0 spiro atoms. The van der Waals surface area contributed by atoms with E-state index in [1.807, 2.05) is 12.1 Å². The highest BCUT2D eigenvalue weighted by molar-refractivity contribution is 6.35. The fourth-order valence-electron chi connectivity index (χ4n) is 2.71. The molecule has 1 unspecified atom stereocenters. The molecule has 2 aromatic carbocycles. The topological polar surface area (TPSA) is 12.0 Å². The van der Waals surface area contributed by atoms with Crippen LogP contribution in [-0.2, 0) is 6.42 Å². The zero-order valence-electron chi connectivity index (χ0n) is 10.9. The van der Waals surface area contributed by atoms with E-state index in [0.29, 0.717) is 5.02 Å². The number of nitrogens with one attached hydrogen (secondary N) is 1. The molecule has 1 atom stereocenters. The Morgan fingerprint density at radius 3 is 2.68 bits per heavy atom. The van der Waals surface area contributed by atoms with Crippen molar-refractivity contribution in [2.45, 2.75) is 26.3 Å². The van der Waals surface area contributed by atoms with E-state index >= 15 is 0 Å². The summed E-state index contributed by atoms with van der Waals surface area (Å²) in [4.78, 5) is 0. The molecule has 0 bridgehead atoms. The van der Waals surface area contributed by atoms with Gasteiger partial charge in [0, 0.05) is 22.2 Å². The van der Waals surface area contributed by atoms with Crippen LogP contribution in [0.5, 0.6) is 0 Å². The number of aryl methyl sites for hydroxylation is 2.